The summed E-state index contributed by atoms with van der Waals surface area (Å²) in [6, 6.07) is 0. The van der Waals surface area contributed by atoms with Gasteiger partial charge in [0.2, 0.25) is 0 Å². The second-order valence-corrected chi connectivity index (χ2v) is 4.24. The van der Waals surface area contributed by atoms with Crippen molar-refractivity contribution in [1.29, 1.82) is 0 Å². The Labute approximate surface area is 88.7 Å². The molecule has 0 bridgehead atoms. The minimum absolute atomic E-state index is 0.857. The summed E-state index contributed by atoms with van der Waals surface area (Å²) >= 11 is 0. The quantitative estimate of drug-likeness (QED) is 0.677. The van der Waals surface area contributed by atoms with E-state index in [9.17, 15) is 0 Å². The lowest BCUT2D eigenvalue weighted by Crippen LogP contribution is -2.30. The molecular weight excluding hydrogens is 170 g/mol. The molecule has 0 aliphatic heterocycles. The molecule has 0 amide bonds. The summed E-state index contributed by atoms with van der Waals surface area (Å²) in [6.07, 6.45) is 6.76. The lowest BCUT2D eigenvalue weighted by molar-refractivity contribution is 0.235. The van der Waals surface area contributed by atoms with Crippen molar-refractivity contribution >= 4 is 0 Å². The molecule has 0 aromatic heterocycles. The summed E-state index contributed by atoms with van der Waals surface area (Å²) in [6.45, 7) is 6.43. The van der Waals surface area contributed by atoms with Crippen LogP contribution in [0.15, 0.2) is 0 Å². The topological polar surface area (TPSA) is 12.0 Å². The van der Waals surface area contributed by atoms with Gasteiger partial charge in [0.05, 0.1) is 0 Å². The third kappa shape index (κ3) is 3.72. The Morgan fingerprint density at radius 2 is 1.93 bits per heavy atom. The number of nitrogens with one attached hydrogen (secondary N) is 1. The molecule has 2 atom stereocenters. The molecule has 0 spiro atoms. The summed E-state index contributed by atoms with van der Waals surface area (Å²) in [5, 5.41) is 3.48. The molecule has 1 heteroatoms. The van der Waals surface area contributed by atoms with Gasteiger partial charge in [-0.05, 0) is 44.7 Å². The monoisotopic (exact) mass is 193 g/mol. The molecule has 1 aliphatic carbocycles. The smallest absolute Gasteiger partial charge is 0.0120 e. The van der Waals surface area contributed by atoms with Crippen molar-refractivity contribution in [1.82, 2.24) is 5.32 Å². The van der Waals surface area contributed by atoms with Gasteiger partial charge in [0.1, 0.15) is 0 Å². The van der Waals surface area contributed by atoms with Gasteiger partial charge in [0.15, 0.2) is 0 Å². The van der Waals surface area contributed by atoms with Crippen LogP contribution in [0.5, 0.6) is 0 Å². The first-order valence-corrected chi connectivity index (χ1v) is 5.98. The van der Waals surface area contributed by atoms with Gasteiger partial charge in [-0.2, -0.15) is 0 Å². The SMILES string of the molecule is CC#CCC1CCCCC1CNCC. The largest absolute Gasteiger partial charge is 0.317 e. The molecule has 1 rings (SSSR count). The molecule has 1 fully saturated rings. The molecule has 2 unspecified atom stereocenters. The van der Waals surface area contributed by atoms with Crippen LogP contribution < -0.4 is 5.32 Å². The zero-order valence-electron chi connectivity index (χ0n) is 9.60. The van der Waals surface area contributed by atoms with Crippen LogP contribution in [0, 0.1) is 23.7 Å². The lowest BCUT2D eigenvalue weighted by Gasteiger charge is -2.30. The summed E-state index contributed by atoms with van der Waals surface area (Å²) in [5.41, 5.74) is 0. The van der Waals surface area contributed by atoms with Gasteiger partial charge >= 0.3 is 0 Å². The van der Waals surface area contributed by atoms with E-state index in [0.717, 1.165) is 24.8 Å². The van der Waals surface area contributed by atoms with Crippen molar-refractivity contribution in [3.63, 3.8) is 0 Å². The fourth-order valence-electron chi connectivity index (χ4n) is 2.38. The molecule has 80 valence electrons. The van der Waals surface area contributed by atoms with Gasteiger partial charge in [-0.25, -0.2) is 0 Å². The number of hydrogen-bond acceptors (Lipinski definition) is 1. The summed E-state index contributed by atoms with van der Waals surface area (Å²) < 4.78 is 0. The second kappa shape index (κ2) is 6.90. The van der Waals surface area contributed by atoms with Crippen LogP contribution in [-0.4, -0.2) is 13.1 Å². The highest BCUT2D eigenvalue weighted by Crippen LogP contribution is 2.31. The maximum atomic E-state index is 3.48. The fraction of sp³-hybridized carbons (Fsp3) is 0.846. The molecule has 0 saturated heterocycles. The maximum absolute atomic E-state index is 3.48. The Hall–Kier alpha value is -0.480. The van der Waals surface area contributed by atoms with Crippen molar-refractivity contribution < 1.29 is 0 Å². The van der Waals surface area contributed by atoms with E-state index in [1.165, 1.54) is 32.2 Å². The van der Waals surface area contributed by atoms with Crippen LogP contribution in [-0.2, 0) is 0 Å². The predicted octanol–water partition coefficient (Wildman–Crippen LogP) is 2.82. The van der Waals surface area contributed by atoms with Crippen LogP contribution in [0.1, 0.15) is 46.0 Å². The zero-order chi connectivity index (χ0) is 10.2. The minimum atomic E-state index is 0.857. The van der Waals surface area contributed by atoms with Crippen LogP contribution in [0.4, 0.5) is 0 Å². The molecule has 1 saturated carbocycles. The van der Waals surface area contributed by atoms with E-state index in [0.29, 0.717) is 0 Å². The van der Waals surface area contributed by atoms with Crippen LogP contribution in [0.3, 0.4) is 0 Å². The Kier molecular flexibility index (Phi) is 5.71. The Balaban J connectivity index is 2.36. The maximum Gasteiger partial charge on any atom is 0.0120 e. The standard InChI is InChI=1S/C13H23N/c1-3-5-8-12-9-6-7-10-13(12)11-14-4-2/h12-14H,4,6-11H2,1-2H3. The Bertz CT molecular complexity index is 199. The van der Waals surface area contributed by atoms with Crippen LogP contribution >= 0.6 is 0 Å². The third-order valence-corrected chi connectivity index (χ3v) is 3.26. The van der Waals surface area contributed by atoms with Crippen molar-refractivity contribution in [2.45, 2.75) is 46.0 Å². The molecule has 1 aliphatic rings. The predicted molar refractivity (Wildman–Crippen MR) is 62.1 cm³/mol. The van der Waals surface area contributed by atoms with E-state index in [1.807, 2.05) is 6.92 Å². The fourth-order valence-corrected chi connectivity index (χ4v) is 2.38. The van der Waals surface area contributed by atoms with Crippen molar-refractivity contribution in [3.8, 4) is 11.8 Å². The van der Waals surface area contributed by atoms with E-state index in [-0.39, 0.29) is 0 Å². The molecule has 1 nitrogen and oxygen atoms in total. The van der Waals surface area contributed by atoms with Gasteiger partial charge in [0, 0.05) is 6.42 Å². The molecule has 1 N–H and O–H groups in total. The Morgan fingerprint density at radius 3 is 2.57 bits per heavy atom. The van der Waals surface area contributed by atoms with E-state index < -0.39 is 0 Å². The first kappa shape index (κ1) is 11.6. The third-order valence-electron chi connectivity index (χ3n) is 3.26. The van der Waals surface area contributed by atoms with Gasteiger partial charge in [-0.15, -0.1) is 11.8 Å². The number of rotatable bonds is 4. The highest BCUT2D eigenvalue weighted by Gasteiger charge is 2.23. The van der Waals surface area contributed by atoms with E-state index in [1.54, 1.807) is 0 Å². The average molecular weight is 193 g/mol. The second-order valence-electron chi connectivity index (χ2n) is 4.24. The van der Waals surface area contributed by atoms with Gasteiger partial charge in [-0.1, -0.05) is 19.8 Å². The molecule has 0 heterocycles. The van der Waals surface area contributed by atoms with Gasteiger partial charge in [-0.3, -0.25) is 0 Å². The van der Waals surface area contributed by atoms with Crippen molar-refractivity contribution in [2.24, 2.45) is 11.8 Å². The Morgan fingerprint density at radius 1 is 1.21 bits per heavy atom. The lowest BCUT2D eigenvalue weighted by atomic mass is 9.77. The van der Waals surface area contributed by atoms with Crippen molar-refractivity contribution in [3.05, 3.63) is 0 Å². The van der Waals surface area contributed by atoms with Crippen molar-refractivity contribution in [2.75, 3.05) is 13.1 Å². The van der Waals surface area contributed by atoms with Gasteiger partial charge in [0.25, 0.3) is 0 Å². The summed E-state index contributed by atoms with van der Waals surface area (Å²) in [7, 11) is 0. The highest BCUT2D eigenvalue weighted by atomic mass is 14.8. The molecular formula is C13H23N. The van der Waals surface area contributed by atoms with Gasteiger partial charge < -0.3 is 5.32 Å². The first-order chi connectivity index (χ1) is 6.88. The summed E-state index contributed by atoms with van der Waals surface area (Å²) in [4.78, 5) is 0. The number of hydrogen-bond donors (Lipinski definition) is 1. The molecule has 0 radical (unpaired) electrons. The summed E-state index contributed by atoms with van der Waals surface area (Å²) in [5.74, 6) is 8.00. The van der Waals surface area contributed by atoms with E-state index in [2.05, 4.69) is 24.1 Å². The van der Waals surface area contributed by atoms with E-state index >= 15 is 0 Å². The zero-order valence-corrected chi connectivity index (χ0v) is 9.60. The average Bonchev–Trinajstić information content (AvgIpc) is 2.24. The normalized spacial score (nSPS) is 26.7. The molecule has 0 aromatic rings. The molecule has 14 heavy (non-hydrogen) atoms. The molecule has 0 aromatic carbocycles. The minimum Gasteiger partial charge on any atom is -0.317 e. The van der Waals surface area contributed by atoms with Crippen LogP contribution in [0.2, 0.25) is 0 Å². The first-order valence-electron chi connectivity index (χ1n) is 5.98. The van der Waals surface area contributed by atoms with Crippen LogP contribution in [0.25, 0.3) is 0 Å². The highest BCUT2D eigenvalue weighted by molar-refractivity contribution is 4.98. The van der Waals surface area contributed by atoms with E-state index in [4.69, 9.17) is 0 Å².